The van der Waals surface area contributed by atoms with E-state index in [9.17, 15) is 0 Å². The Hall–Kier alpha value is -4.99. The van der Waals surface area contributed by atoms with Gasteiger partial charge in [-0.25, -0.2) is 0 Å². The van der Waals surface area contributed by atoms with Crippen molar-refractivity contribution < 1.29 is 4.74 Å². The summed E-state index contributed by atoms with van der Waals surface area (Å²) in [6, 6.07) is 41.0. The van der Waals surface area contributed by atoms with Gasteiger partial charge in [0, 0.05) is 33.9 Å². The van der Waals surface area contributed by atoms with Crippen LogP contribution in [0.5, 0.6) is 5.75 Å². The van der Waals surface area contributed by atoms with E-state index in [0.717, 1.165) is 35.7 Å². The molecule has 0 saturated carbocycles. The van der Waals surface area contributed by atoms with Crippen molar-refractivity contribution in [3.05, 3.63) is 142 Å². The summed E-state index contributed by atoms with van der Waals surface area (Å²) in [6.07, 6.45) is 14.3. The van der Waals surface area contributed by atoms with Gasteiger partial charge in [0.25, 0.3) is 0 Å². The number of hydrogen-bond acceptors (Lipinski definition) is 3. The maximum absolute atomic E-state index is 8.52. The van der Waals surface area contributed by atoms with Crippen LogP contribution < -0.4 is 9.64 Å². The lowest BCUT2D eigenvalue weighted by Crippen LogP contribution is -2.31. The molecule has 0 bridgehead atoms. The monoisotopic (exact) mass is 775 g/mol. The predicted molar refractivity (Wildman–Crippen MR) is 247 cm³/mol. The highest BCUT2D eigenvalue weighted by molar-refractivity contribution is 5.85. The van der Waals surface area contributed by atoms with Crippen molar-refractivity contribution in [3.8, 4) is 28.0 Å². The number of rotatable bonds is 22. The van der Waals surface area contributed by atoms with Crippen molar-refractivity contribution in [2.75, 3.05) is 18.1 Å². The van der Waals surface area contributed by atoms with Gasteiger partial charge in [-0.1, -0.05) is 150 Å². The molecule has 2 atom stereocenters. The quantitative estimate of drug-likeness (QED) is 0.0304. The second-order valence-electron chi connectivity index (χ2n) is 16.9. The summed E-state index contributed by atoms with van der Waals surface area (Å²) in [6.45, 7) is 15.0. The molecule has 1 aliphatic carbocycles. The third-order valence-electron chi connectivity index (χ3n) is 12.7. The summed E-state index contributed by atoms with van der Waals surface area (Å²) in [7, 11) is 0. The Balaban J connectivity index is 1.36. The Morgan fingerprint density at radius 3 is 1.69 bits per heavy atom. The fourth-order valence-corrected chi connectivity index (χ4v) is 9.34. The highest BCUT2D eigenvalue weighted by Gasteiger charge is 2.45. The Morgan fingerprint density at radius 1 is 0.603 bits per heavy atom. The molecule has 5 aromatic carbocycles. The molecule has 58 heavy (non-hydrogen) atoms. The zero-order valence-corrected chi connectivity index (χ0v) is 36.1. The molecular formula is C53H66N4O. The second kappa shape index (κ2) is 20.6. The minimum absolute atomic E-state index is 0.0134. The molecule has 5 heteroatoms. The summed E-state index contributed by atoms with van der Waals surface area (Å²) >= 11 is 0. The first-order valence-electron chi connectivity index (χ1n) is 22.3. The molecule has 0 amide bonds. The molecule has 2 unspecified atom stereocenters. The van der Waals surface area contributed by atoms with Crippen LogP contribution in [0.2, 0.25) is 0 Å². The van der Waals surface area contributed by atoms with Gasteiger partial charge in [0.05, 0.1) is 6.61 Å². The summed E-state index contributed by atoms with van der Waals surface area (Å²) in [5.41, 5.74) is 23.0. The molecule has 0 fully saturated rings. The smallest absolute Gasteiger partial charge is 0.119 e. The van der Waals surface area contributed by atoms with Gasteiger partial charge in [0.2, 0.25) is 0 Å². The first-order chi connectivity index (χ1) is 28.3. The van der Waals surface area contributed by atoms with Crippen molar-refractivity contribution in [1.29, 1.82) is 0 Å². The SMILES string of the molecule is CCCCC(CC)CC1(CC(CC)CCCC)c2cc(C)ccc2-c2ccc(-c3ccc(N(c4ccc(C)cc4)c4ccc(OCCCCN=[N+]=[N-])cc4)cc3)cc21. The molecule has 5 aromatic rings. The van der Waals surface area contributed by atoms with E-state index in [4.69, 9.17) is 10.3 Å². The standard InChI is InChI=1S/C53H66N4O/c1-7-11-15-41(9-3)37-53(38-42(10-4)16-12-8-2)51-35-40(6)19-31-49(51)50-32-22-44(36-52(50)53)43-20-25-46(26-21-43)57(45-23-17-39(5)18-24-45)47-27-29-48(30-28-47)58-34-14-13-33-55-56-54/h17-32,35-36,41-42H,7-16,33-34,37-38H2,1-6H3. The Labute approximate surface area is 349 Å². The molecule has 0 radical (unpaired) electrons. The van der Waals surface area contributed by atoms with Crippen LogP contribution in [-0.4, -0.2) is 13.2 Å². The minimum Gasteiger partial charge on any atom is -0.494 e. The second-order valence-corrected chi connectivity index (χ2v) is 16.9. The van der Waals surface area contributed by atoms with E-state index < -0.39 is 0 Å². The van der Waals surface area contributed by atoms with E-state index in [0.29, 0.717) is 25.0 Å². The van der Waals surface area contributed by atoms with Crippen LogP contribution in [0.25, 0.3) is 32.7 Å². The van der Waals surface area contributed by atoms with Crippen LogP contribution in [0.4, 0.5) is 17.1 Å². The van der Waals surface area contributed by atoms with Gasteiger partial charge in [-0.05, 0) is 145 Å². The van der Waals surface area contributed by atoms with Gasteiger partial charge in [0.15, 0.2) is 0 Å². The molecule has 1 aliphatic rings. The van der Waals surface area contributed by atoms with E-state index >= 15 is 0 Å². The van der Waals surface area contributed by atoms with Crippen molar-refractivity contribution in [2.24, 2.45) is 17.0 Å². The summed E-state index contributed by atoms with van der Waals surface area (Å²) in [5.74, 6) is 2.24. The largest absolute Gasteiger partial charge is 0.494 e. The van der Waals surface area contributed by atoms with E-state index in [1.807, 2.05) is 12.1 Å². The number of ether oxygens (including phenoxy) is 1. The molecule has 0 saturated heterocycles. The number of anilines is 3. The van der Waals surface area contributed by atoms with E-state index in [1.165, 1.54) is 97.6 Å². The third kappa shape index (κ3) is 9.99. The molecule has 0 heterocycles. The van der Waals surface area contributed by atoms with Gasteiger partial charge in [-0.3, -0.25) is 0 Å². The fraction of sp³-hybridized carbons (Fsp3) is 0.434. The number of aryl methyl sites for hydroxylation is 2. The third-order valence-corrected chi connectivity index (χ3v) is 12.7. The fourth-order valence-electron chi connectivity index (χ4n) is 9.34. The first-order valence-corrected chi connectivity index (χ1v) is 22.3. The van der Waals surface area contributed by atoms with Crippen molar-refractivity contribution in [2.45, 2.75) is 124 Å². The lowest BCUT2D eigenvalue weighted by molar-refractivity contribution is 0.266. The van der Waals surface area contributed by atoms with Gasteiger partial charge in [-0.15, -0.1) is 0 Å². The Morgan fingerprint density at radius 2 is 1.12 bits per heavy atom. The van der Waals surface area contributed by atoms with Gasteiger partial charge >= 0.3 is 0 Å². The zero-order chi connectivity index (χ0) is 40.9. The number of fused-ring (bicyclic) bond motifs is 3. The van der Waals surface area contributed by atoms with Crippen LogP contribution in [0.15, 0.2) is 114 Å². The average Bonchev–Trinajstić information content (AvgIpc) is 3.50. The molecule has 0 N–H and O–H groups in total. The zero-order valence-electron chi connectivity index (χ0n) is 36.1. The summed E-state index contributed by atoms with van der Waals surface area (Å²) in [4.78, 5) is 5.16. The first kappa shape index (κ1) is 42.6. The molecular weight excluding hydrogens is 709 g/mol. The summed E-state index contributed by atoms with van der Waals surface area (Å²) in [5, 5.41) is 3.62. The van der Waals surface area contributed by atoms with Gasteiger partial charge in [-0.2, -0.15) is 0 Å². The van der Waals surface area contributed by atoms with Crippen LogP contribution >= 0.6 is 0 Å². The van der Waals surface area contributed by atoms with Crippen molar-refractivity contribution in [1.82, 2.24) is 0 Å². The number of nitrogens with zero attached hydrogens (tertiary/aromatic N) is 4. The lowest BCUT2D eigenvalue weighted by Gasteiger charge is -2.39. The maximum Gasteiger partial charge on any atom is 0.119 e. The predicted octanol–water partition coefficient (Wildman–Crippen LogP) is 16.4. The summed E-state index contributed by atoms with van der Waals surface area (Å²) < 4.78 is 6.02. The van der Waals surface area contributed by atoms with E-state index in [-0.39, 0.29) is 5.41 Å². The molecule has 0 aromatic heterocycles. The van der Waals surface area contributed by atoms with Gasteiger partial charge < -0.3 is 9.64 Å². The highest BCUT2D eigenvalue weighted by atomic mass is 16.5. The average molecular weight is 775 g/mol. The molecule has 0 aliphatic heterocycles. The molecule has 0 spiro atoms. The highest BCUT2D eigenvalue weighted by Crippen LogP contribution is 2.57. The Bertz CT molecular complexity index is 2080. The van der Waals surface area contributed by atoms with E-state index in [2.05, 4.69) is 154 Å². The number of benzene rings is 5. The molecule has 304 valence electrons. The van der Waals surface area contributed by atoms with Crippen molar-refractivity contribution >= 4 is 17.1 Å². The number of hydrogen-bond donors (Lipinski definition) is 0. The topological polar surface area (TPSA) is 61.2 Å². The minimum atomic E-state index is 0.0134. The normalized spacial score (nSPS) is 15.3. The van der Waals surface area contributed by atoms with Crippen LogP contribution in [0.1, 0.15) is 127 Å². The number of azide groups is 1. The lowest BCUT2D eigenvalue weighted by atomic mass is 9.65. The van der Waals surface area contributed by atoms with Crippen LogP contribution in [0, 0.1) is 25.7 Å². The number of unbranched alkanes of at least 4 members (excludes halogenated alkanes) is 3. The van der Waals surface area contributed by atoms with Crippen molar-refractivity contribution in [3.63, 3.8) is 0 Å². The van der Waals surface area contributed by atoms with Crippen LogP contribution in [-0.2, 0) is 5.41 Å². The maximum atomic E-state index is 8.52. The van der Waals surface area contributed by atoms with Crippen LogP contribution in [0.3, 0.4) is 0 Å². The molecule has 6 rings (SSSR count). The Kier molecular flexibility index (Phi) is 15.2. The molecule has 5 nitrogen and oxygen atoms in total. The van der Waals surface area contributed by atoms with E-state index in [1.54, 1.807) is 11.1 Å². The van der Waals surface area contributed by atoms with Gasteiger partial charge in [0.1, 0.15) is 5.75 Å².